The fourth-order valence-corrected chi connectivity index (χ4v) is 3.10. The van der Waals surface area contributed by atoms with Crippen LogP contribution in [0.15, 0.2) is 12.1 Å². The normalized spacial score (nSPS) is 19.5. The van der Waals surface area contributed by atoms with Gasteiger partial charge in [-0.05, 0) is 49.7 Å². The summed E-state index contributed by atoms with van der Waals surface area (Å²) in [6.07, 6.45) is 9.42. The molecule has 0 radical (unpaired) electrons. The van der Waals surface area contributed by atoms with Gasteiger partial charge in [0.25, 0.3) is 0 Å². The Morgan fingerprint density at radius 1 is 1.14 bits per heavy atom. The number of hydrogen-bond acceptors (Lipinski definition) is 4. The van der Waals surface area contributed by atoms with Crippen LogP contribution in [0.25, 0.3) is 0 Å². The van der Waals surface area contributed by atoms with Crippen LogP contribution in [0.3, 0.4) is 0 Å². The summed E-state index contributed by atoms with van der Waals surface area (Å²) in [5.74, 6) is 3.10. The lowest BCUT2D eigenvalue weighted by Gasteiger charge is -2.28. The van der Waals surface area contributed by atoms with Crippen LogP contribution < -0.4 is 15.4 Å². The third kappa shape index (κ3) is 4.02. The minimum atomic E-state index is 0.606. The van der Waals surface area contributed by atoms with Gasteiger partial charge in [-0.15, -0.1) is 0 Å². The lowest BCUT2D eigenvalue weighted by molar-refractivity contribution is 0.290. The van der Waals surface area contributed by atoms with Crippen molar-refractivity contribution in [2.45, 2.75) is 44.9 Å². The van der Waals surface area contributed by atoms with E-state index in [2.05, 4.69) is 16.9 Å². The molecule has 1 aromatic heterocycles. The van der Waals surface area contributed by atoms with Crippen LogP contribution in [0.1, 0.15) is 44.9 Å². The van der Waals surface area contributed by atoms with E-state index in [0.29, 0.717) is 11.6 Å². The Hall–Kier alpha value is -1.45. The first-order valence-corrected chi connectivity index (χ1v) is 8.33. The van der Waals surface area contributed by atoms with Crippen molar-refractivity contribution in [2.24, 2.45) is 11.8 Å². The molecule has 0 spiro atoms. The van der Waals surface area contributed by atoms with Gasteiger partial charge in [0.15, 0.2) is 0 Å². The van der Waals surface area contributed by atoms with Crippen LogP contribution in [0.5, 0.6) is 5.88 Å². The van der Waals surface area contributed by atoms with E-state index in [1.807, 2.05) is 12.1 Å². The van der Waals surface area contributed by atoms with Crippen molar-refractivity contribution in [1.29, 1.82) is 0 Å². The number of nitrogens with zero attached hydrogens (tertiary/aromatic N) is 2. The van der Waals surface area contributed by atoms with E-state index in [1.165, 1.54) is 44.9 Å². The van der Waals surface area contributed by atoms with Gasteiger partial charge in [-0.3, -0.25) is 0 Å². The molecule has 0 aliphatic heterocycles. The van der Waals surface area contributed by atoms with Crippen molar-refractivity contribution in [1.82, 2.24) is 4.98 Å². The number of nitrogens with two attached hydrogens (primary N) is 1. The SMILES string of the molecule is CN(CC1CCCCC1)c1ccc(N)c(OCC2CC2)n1. The second-order valence-electron chi connectivity index (χ2n) is 6.70. The molecule has 3 rings (SSSR count). The Morgan fingerprint density at radius 2 is 1.90 bits per heavy atom. The van der Waals surface area contributed by atoms with Gasteiger partial charge in [-0.2, -0.15) is 4.98 Å². The predicted molar refractivity (Wildman–Crippen MR) is 86.7 cm³/mol. The first kappa shape index (κ1) is 14.5. The maximum absolute atomic E-state index is 5.97. The highest BCUT2D eigenvalue weighted by atomic mass is 16.5. The molecule has 2 N–H and O–H groups in total. The molecule has 1 aromatic rings. The Kier molecular flexibility index (Phi) is 4.51. The van der Waals surface area contributed by atoms with Gasteiger partial charge in [0.2, 0.25) is 5.88 Å². The van der Waals surface area contributed by atoms with Gasteiger partial charge in [0.05, 0.1) is 12.3 Å². The maximum Gasteiger partial charge on any atom is 0.239 e. The largest absolute Gasteiger partial charge is 0.476 e. The lowest BCUT2D eigenvalue weighted by Crippen LogP contribution is -2.27. The molecule has 0 saturated heterocycles. The average molecular weight is 289 g/mol. The molecular weight excluding hydrogens is 262 g/mol. The monoisotopic (exact) mass is 289 g/mol. The zero-order chi connectivity index (χ0) is 14.7. The zero-order valence-corrected chi connectivity index (χ0v) is 13.1. The summed E-state index contributed by atoms with van der Waals surface area (Å²) in [6.45, 7) is 1.84. The second kappa shape index (κ2) is 6.54. The van der Waals surface area contributed by atoms with Crippen LogP contribution in [-0.2, 0) is 0 Å². The van der Waals surface area contributed by atoms with Crippen LogP contribution in [0, 0.1) is 11.8 Å². The van der Waals surface area contributed by atoms with E-state index < -0.39 is 0 Å². The smallest absolute Gasteiger partial charge is 0.239 e. The minimum absolute atomic E-state index is 0.606. The standard InChI is InChI=1S/C17H27N3O/c1-20(11-13-5-3-2-4-6-13)16-10-9-15(18)17(19-16)21-12-14-7-8-14/h9-10,13-14H,2-8,11-12,18H2,1H3. The molecule has 21 heavy (non-hydrogen) atoms. The van der Waals surface area contributed by atoms with Crippen molar-refractivity contribution in [3.05, 3.63) is 12.1 Å². The first-order chi connectivity index (χ1) is 10.2. The number of rotatable bonds is 6. The number of ether oxygens (including phenoxy) is 1. The van der Waals surface area contributed by atoms with E-state index in [0.717, 1.165) is 30.8 Å². The zero-order valence-electron chi connectivity index (χ0n) is 13.1. The van der Waals surface area contributed by atoms with Crippen LogP contribution in [0.4, 0.5) is 11.5 Å². The lowest BCUT2D eigenvalue weighted by atomic mass is 9.89. The molecule has 2 saturated carbocycles. The van der Waals surface area contributed by atoms with E-state index in [4.69, 9.17) is 10.5 Å². The summed E-state index contributed by atoms with van der Waals surface area (Å²) in [7, 11) is 2.12. The van der Waals surface area contributed by atoms with Crippen molar-refractivity contribution in [3.63, 3.8) is 0 Å². The molecule has 0 atom stereocenters. The topological polar surface area (TPSA) is 51.4 Å². The highest BCUT2D eigenvalue weighted by molar-refractivity contribution is 5.54. The molecule has 0 amide bonds. The van der Waals surface area contributed by atoms with Crippen LogP contribution in [-0.4, -0.2) is 25.2 Å². The summed E-state index contributed by atoms with van der Waals surface area (Å²) >= 11 is 0. The molecule has 2 fully saturated rings. The van der Waals surface area contributed by atoms with E-state index >= 15 is 0 Å². The van der Waals surface area contributed by atoms with Crippen molar-refractivity contribution in [3.8, 4) is 5.88 Å². The fourth-order valence-electron chi connectivity index (χ4n) is 3.10. The van der Waals surface area contributed by atoms with Gasteiger partial charge >= 0.3 is 0 Å². The van der Waals surface area contributed by atoms with Gasteiger partial charge in [-0.1, -0.05) is 19.3 Å². The van der Waals surface area contributed by atoms with E-state index in [1.54, 1.807) is 0 Å². The minimum Gasteiger partial charge on any atom is -0.476 e. The molecule has 0 unspecified atom stereocenters. The van der Waals surface area contributed by atoms with E-state index in [9.17, 15) is 0 Å². The third-order valence-corrected chi connectivity index (χ3v) is 4.68. The van der Waals surface area contributed by atoms with Crippen LogP contribution >= 0.6 is 0 Å². The van der Waals surface area contributed by atoms with Crippen molar-refractivity contribution < 1.29 is 4.74 Å². The molecular formula is C17H27N3O. The quantitative estimate of drug-likeness (QED) is 0.871. The average Bonchev–Trinajstić information content (AvgIpc) is 3.31. The first-order valence-electron chi connectivity index (χ1n) is 8.33. The van der Waals surface area contributed by atoms with E-state index in [-0.39, 0.29) is 0 Å². The Bertz CT molecular complexity index is 467. The van der Waals surface area contributed by atoms with Crippen molar-refractivity contribution >= 4 is 11.5 Å². The molecule has 0 aromatic carbocycles. The van der Waals surface area contributed by atoms with Crippen molar-refractivity contribution in [2.75, 3.05) is 30.8 Å². The van der Waals surface area contributed by atoms with Crippen LogP contribution in [0.2, 0.25) is 0 Å². The number of anilines is 2. The van der Waals surface area contributed by atoms with Gasteiger partial charge < -0.3 is 15.4 Å². The third-order valence-electron chi connectivity index (χ3n) is 4.68. The number of nitrogen functional groups attached to an aromatic ring is 1. The Labute approximate surface area is 127 Å². The molecule has 116 valence electrons. The highest BCUT2D eigenvalue weighted by Gasteiger charge is 2.23. The second-order valence-corrected chi connectivity index (χ2v) is 6.70. The molecule has 2 aliphatic rings. The van der Waals surface area contributed by atoms with Gasteiger partial charge in [0, 0.05) is 13.6 Å². The number of aromatic nitrogens is 1. The Balaban J connectivity index is 1.61. The molecule has 0 bridgehead atoms. The molecule has 1 heterocycles. The summed E-state index contributed by atoms with van der Waals surface area (Å²) in [4.78, 5) is 6.87. The molecule has 4 heteroatoms. The Morgan fingerprint density at radius 3 is 2.62 bits per heavy atom. The summed E-state index contributed by atoms with van der Waals surface area (Å²) in [6, 6.07) is 3.92. The summed E-state index contributed by atoms with van der Waals surface area (Å²) < 4.78 is 5.78. The van der Waals surface area contributed by atoms with Gasteiger partial charge in [-0.25, -0.2) is 0 Å². The predicted octanol–water partition coefficient (Wildman–Crippen LogP) is 3.47. The molecule has 2 aliphatic carbocycles. The summed E-state index contributed by atoms with van der Waals surface area (Å²) in [5, 5.41) is 0. The summed E-state index contributed by atoms with van der Waals surface area (Å²) in [5.41, 5.74) is 6.62. The highest BCUT2D eigenvalue weighted by Crippen LogP contribution is 2.31. The molecule has 4 nitrogen and oxygen atoms in total. The number of hydrogen-bond donors (Lipinski definition) is 1. The number of pyridine rings is 1. The fraction of sp³-hybridized carbons (Fsp3) is 0.706. The maximum atomic E-state index is 5.97. The van der Waals surface area contributed by atoms with Gasteiger partial charge in [0.1, 0.15) is 5.82 Å².